The normalized spacial score (nSPS) is 28.3. The van der Waals surface area contributed by atoms with Crippen molar-refractivity contribution in [1.82, 2.24) is 16.0 Å². The molecule has 5 atom stereocenters. The third-order valence-electron chi connectivity index (χ3n) is 6.53. The lowest BCUT2D eigenvalue weighted by molar-refractivity contribution is 0.0946. The van der Waals surface area contributed by atoms with Crippen LogP contribution in [-0.4, -0.2) is 50.8 Å². The van der Waals surface area contributed by atoms with Crippen molar-refractivity contribution in [2.45, 2.75) is 18.1 Å². The minimum atomic E-state index is -0.738. The zero-order chi connectivity index (χ0) is 20.8. The Morgan fingerprint density at radius 3 is 2.53 bits per heavy atom. The summed E-state index contributed by atoms with van der Waals surface area (Å²) in [6, 6.07) is 13.0. The van der Waals surface area contributed by atoms with E-state index in [2.05, 4.69) is 16.0 Å². The van der Waals surface area contributed by atoms with Gasteiger partial charge in [0.25, 0.3) is 11.8 Å². The molecule has 2 fully saturated rings. The first kappa shape index (κ1) is 19.1. The van der Waals surface area contributed by atoms with Crippen LogP contribution in [0.5, 0.6) is 5.75 Å². The third-order valence-corrected chi connectivity index (χ3v) is 6.53. The Labute approximate surface area is 174 Å². The molecule has 156 valence electrons. The molecule has 2 heterocycles. The zero-order valence-electron chi connectivity index (χ0n) is 16.7. The topological polar surface area (TPSA) is 79.5 Å². The fourth-order valence-electron chi connectivity index (χ4n) is 4.91. The Morgan fingerprint density at radius 1 is 1.13 bits per heavy atom. The van der Waals surface area contributed by atoms with E-state index in [1.807, 2.05) is 30.3 Å². The summed E-state index contributed by atoms with van der Waals surface area (Å²) in [4.78, 5) is 25.6. The van der Waals surface area contributed by atoms with E-state index in [9.17, 15) is 14.0 Å². The molecule has 0 aromatic heterocycles. The van der Waals surface area contributed by atoms with Crippen LogP contribution in [0.4, 0.5) is 4.39 Å². The molecule has 1 saturated heterocycles. The number of alkyl halides is 1. The van der Waals surface area contributed by atoms with Crippen LogP contribution in [0.3, 0.4) is 0 Å². The molecule has 0 radical (unpaired) electrons. The highest BCUT2D eigenvalue weighted by molar-refractivity contribution is 6.02. The number of rotatable bonds is 5. The maximum atomic E-state index is 13.9. The smallest absolute Gasteiger partial charge is 0.254 e. The van der Waals surface area contributed by atoms with Crippen molar-refractivity contribution in [3.63, 3.8) is 0 Å². The number of nitrogens with one attached hydrogen (secondary N) is 3. The number of piperidine rings is 1. The summed E-state index contributed by atoms with van der Waals surface area (Å²) < 4.78 is 19.8. The fourth-order valence-corrected chi connectivity index (χ4v) is 4.91. The summed E-state index contributed by atoms with van der Waals surface area (Å²) in [5.74, 6) is 0.371. The van der Waals surface area contributed by atoms with Crippen molar-refractivity contribution in [3.05, 3.63) is 64.7 Å². The minimum absolute atomic E-state index is 0.176. The van der Waals surface area contributed by atoms with E-state index in [0.717, 1.165) is 18.7 Å². The SMILES string of the molecule is CNC(=O)c1cc(C(=O)N[C@H]2[C@@H]3CNC[C@@H]32)cc2c1O[C@H](CF)C2c1ccccc1. The van der Waals surface area contributed by atoms with E-state index in [1.165, 1.54) is 7.05 Å². The Morgan fingerprint density at radius 2 is 1.87 bits per heavy atom. The van der Waals surface area contributed by atoms with E-state index in [4.69, 9.17) is 4.74 Å². The van der Waals surface area contributed by atoms with Gasteiger partial charge in [0.15, 0.2) is 0 Å². The van der Waals surface area contributed by atoms with Crippen LogP contribution in [-0.2, 0) is 0 Å². The number of hydrogen-bond donors (Lipinski definition) is 3. The quantitative estimate of drug-likeness (QED) is 0.704. The molecule has 2 aromatic rings. The predicted molar refractivity (Wildman–Crippen MR) is 110 cm³/mol. The lowest BCUT2D eigenvalue weighted by Crippen LogP contribution is -2.32. The van der Waals surface area contributed by atoms with Crippen molar-refractivity contribution in [2.24, 2.45) is 11.8 Å². The first-order chi connectivity index (χ1) is 14.6. The second-order valence-electron chi connectivity index (χ2n) is 8.21. The molecular formula is C23H24FN3O3. The maximum Gasteiger partial charge on any atom is 0.254 e. The summed E-state index contributed by atoms with van der Waals surface area (Å²) >= 11 is 0. The van der Waals surface area contributed by atoms with Crippen LogP contribution >= 0.6 is 0 Å². The number of amides is 2. The van der Waals surface area contributed by atoms with Crippen molar-refractivity contribution in [3.8, 4) is 5.75 Å². The first-order valence-electron chi connectivity index (χ1n) is 10.3. The molecule has 30 heavy (non-hydrogen) atoms. The second-order valence-corrected chi connectivity index (χ2v) is 8.21. The highest BCUT2D eigenvalue weighted by Gasteiger charge is 2.53. The van der Waals surface area contributed by atoms with Gasteiger partial charge in [-0.3, -0.25) is 9.59 Å². The van der Waals surface area contributed by atoms with Gasteiger partial charge in [0.1, 0.15) is 18.5 Å². The molecular weight excluding hydrogens is 385 g/mol. The van der Waals surface area contributed by atoms with Gasteiger partial charge in [-0.25, -0.2) is 4.39 Å². The van der Waals surface area contributed by atoms with E-state index in [1.54, 1.807) is 12.1 Å². The monoisotopic (exact) mass is 409 g/mol. The number of ether oxygens (including phenoxy) is 1. The lowest BCUT2D eigenvalue weighted by Gasteiger charge is -2.16. The molecule has 2 amide bonds. The molecule has 7 heteroatoms. The number of carbonyl (C=O) groups excluding carboxylic acids is 2. The average molecular weight is 409 g/mol. The van der Waals surface area contributed by atoms with Crippen LogP contribution in [0, 0.1) is 11.8 Å². The Balaban J connectivity index is 1.54. The number of fused-ring (bicyclic) bond motifs is 2. The van der Waals surface area contributed by atoms with E-state index >= 15 is 0 Å². The maximum absolute atomic E-state index is 13.9. The van der Waals surface area contributed by atoms with Gasteiger partial charge in [-0.1, -0.05) is 30.3 Å². The number of benzene rings is 2. The molecule has 1 unspecified atom stereocenters. The van der Waals surface area contributed by atoms with Crippen molar-refractivity contribution >= 4 is 11.8 Å². The second kappa shape index (κ2) is 7.40. The Kier molecular flexibility index (Phi) is 4.70. The lowest BCUT2D eigenvalue weighted by atomic mass is 9.86. The van der Waals surface area contributed by atoms with Crippen molar-refractivity contribution in [1.29, 1.82) is 0 Å². The molecule has 6 nitrogen and oxygen atoms in total. The van der Waals surface area contributed by atoms with Crippen LogP contribution in [0.15, 0.2) is 42.5 Å². The van der Waals surface area contributed by atoms with Gasteiger partial charge in [-0.2, -0.15) is 0 Å². The summed E-state index contributed by atoms with van der Waals surface area (Å²) in [6.07, 6.45) is -0.738. The van der Waals surface area contributed by atoms with E-state index < -0.39 is 12.8 Å². The van der Waals surface area contributed by atoms with Crippen molar-refractivity contribution in [2.75, 3.05) is 26.8 Å². The van der Waals surface area contributed by atoms with Gasteiger partial charge < -0.3 is 20.7 Å². The molecule has 3 aliphatic rings. The summed E-state index contributed by atoms with van der Waals surface area (Å²) in [5, 5.41) is 9.01. The Bertz CT molecular complexity index is 987. The van der Waals surface area contributed by atoms with E-state index in [0.29, 0.717) is 28.7 Å². The number of carbonyl (C=O) groups is 2. The third kappa shape index (κ3) is 3.04. The molecule has 5 rings (SSSR count). The van der Waals surface area contributed by atoms with Crippen molar-refractivity contribution < 1.29 is 18.7 Å². The van der Waals surface area contributed by atoms with Crippen LogP contribution < -0.4 is 20.7 Å². The Hall–Kier alpha value is -2.93. The van der Waals surface area contributed by atoms with Gasteiger partial charge in [-0.05, 0) is 29.5 Å². The molecule has 3 N–H and O–H groups in total. The molecule has 1 saturated carbocycles. The predicted octanol–water partition coefficient (Wildman–Crippen LogP) is 1.86. The summed E-state index contributed by atoms with van der Waals surface area (Å²) in [6.45, 7) is 1.15. The molecule has 1 aliphatic carbocycles. The van der Waals surface area contributed by atoms with Gasteiger partial charge in [0.2, 0.25) is 0 Å². The van der Waals surface area contributed by atoms with Crippen LogP contribution in [0.1, 0.15) is 37.8 Å². The average Bonchev–Trinajstić information content (AvgIpc) is 3.14. The van der Waals surface area contributed by atoms with Crippen LogP contribution in [0.2, 0.25) is 0 Å². The van der Waals surface area contributed by atoms with E-state index in [-0.39, 0.29) is 29.3 Å². The largest absolute Gasteiger partial charge is 0.486 e. The molecule has 2 aromatic carbocycles. The molecule has 0 bridgehead atoms. The zero-order valence-corrected chi connectivity index (χ0v) is 16.7. The minimum Gasteiger partial charge on any atom is -0.486 e. The standard InChI is InChI=1S/C23H24FN3O3/c1-25-23(29)15-8-13(22(28)27-20-16-10-26-11-17(16)20)7-14-19(12-5-3-2-4-6-12)18(9-24)30-21(14)15/h2-8,16-20,26H,9-11H2,1H3,(H,25,29)(H,27,28)/t16-,17+,18-,19?,20+/m1/s1. The summed E-state index contributed by atoms with van der Waals surface area (Å²) in [7, 11) is 1.52. The van der Waals surface area contributed by atoms with Gasteiger partial charge in [0, 0.05) is 37.3 Å². The summed E-state index contributed by atoms with van der Waals surface area (Å²) in [5.41, 5.74) is 2.22. The first-order valence-corrected chi connectivity index (χ1v) is 10.3. The molecule has 0 spiro atoms. The van der Waals surface area contributed by atoms with Gasteiger partial charge in [0.05, 0.1) is 11.5 Å². The number of hydrogen-bond acceptors (Lipinski definition) is 4. The van der Waals surface area contributed by atoms with Crippen LogP contribution in [0.25, 0.3) is 0 Å². The van der Waals surface area contributed by atoms with Gasteiger partial charge >= 0.3 is 0 Å². The fraction of sp³-hybridized carbons (Fsp3) is 0.391. The highest BCUT2D eigenvalue weighted by Crippen LogP contribution is 2.46. The number of halogens is 1. The molecule has 2 aliphatic heterocycles. The highest BCUT2D eigenvalue weighted by atomic mass is 19.1. The van der Waals surface area contributed by atoms with Gasteiger partial charge in [-0.15, -0.1) is 0 Å².